The number of pyridine rings is 1. The van der Waals surface area contributed by atoms with Crippen molar-refractivity contribution in [3.8, 4) is 0 Å². The second kappa shape index (κ2) is 7.54. The summed E-state index contributed by atoms with van der Waals surface area (Å²) in [6, 6.07) is 14.0. The molecular formula is C23H24N4O2. The van der Waals surface area contributed by atoms with Crippen LogP contribution in [0, 0.1) is 20.8 Å². The Morgan fingerprint density at radius 3 is 2.55 bits per heavy atom. The Labute approximate surface area is 169 Å². The first-order valence-electron chi connectivity index (χ1n) is 9.60. The topological polar surface area (TPSA) is 64.2 Å². The van der Waals surface area contributed by atoms with Gasteiger partial charge < -0.3 is 9.32 Å². The van der Waals surface area contributed by atoms with E-state index in [4.69, 9.17) is 4.42 Å². The normalized spacial score (nSPS) is 11.2. The highest BCUT2D eigenvalue weighted by Crippen LogP contribution is 2.21. The molecule has 0 N–H and O–H groups in total. The van der Waals surface area contributed by atoms with E-state index in [1.54, 1.807) is 18.1 Å². The summed E-state index contributed by atoms with van der Waals surface area (Å²) < 4.78 is 7.45. The molecule has 0 radical (unpaired) electrons. The highest BCUT2D eigenvalue weighted by Gasteiger charge is 2.20. The van der Waals surface area contributed by atoms with Gasteiger partial charge in [-0.2, -0.15) is 5.10 Å². The molecule has 4 aromatic rings. The molecule has 148 valence electrons. The Morgan fingerprint density at radius 1 is 1.10 bits per heavy atom. The monoisotopic (exact) mass is 388 g/mol. The van der Waals surface area contributed by atoms with Crippen LogP contribution in [0.25, 0.3) is 11.0 Å². The summed E-state index contributed by atoms with van der Waals surface area (Å²) in [6.45, 7) is 6.87. The molecule has 0 aliphatic carbocycles. The van der Waals surface area contributed by atoms with Crippen LogP contribution in [0.5, 0.6) is 0 Å². The summed E-state index contributed by atoms with van der Waals surface area (Å²) in [5.74, 6) is 1.51. The number of rotatable bonds is 5. The molecule has 0 fully saturated rings. The molecule has 0 saturated heterocycles. The number of furan rings is 1. The minimum absolute atomic E-state index is 0.0792. The van der Waals surface area contributed by atoms with E-state index in [1.807, 2.05) is 36.7 Å². The van der Waals surface area contributed by atoms with E-state index in [-0.39, 0.29) is 5.91 Å². The fourth-order valence-electron chi connectivity index (χ4n) is 3.41. The Bertz CT molecular complexity index is 1170. The van der Waals surface area contributed by atoms with Crippen molar-refractivity contribution in [2.24, 2.45) is 0 Å². The van der Waals surface area contributed by atoms with E-state index in [2.05, 4.69) is 41.3 Å². The lowest BCUT2D eigenvalue weighted by Crippen LogP contribution is -2.26. The van der Waals surface area contributed by atoms with Gasteiger partial charge in [-0.05, 0) is 44.5 Å². The Hall–Kier alpha value is -3.41. The molecular weight excluding hydrogens is 364 g/mol. The molecule has 0 saturated carbocycles. The molecule has 3 heterocycles. The maximum absolute atomic E-state index is 13.1. The van der Waals surface area contributed by atoms with E-state index in [0.717, 1.165) is 33.8 Å². The zero-order valence-electron chi connectivity index (χ0n) is 17.1. The van der Waals surface area contributed by atoms with Crippen LogP contribution >= 0.6 is 0 Å². The molecule has 1 aromatic carbocycles. The second-order valence-electron chi connectivity index (χ2n) is 7.51. The van der Waals surface area contributed by atoms with E-state index in [1.165, 1.54) is 5.56 Å². The zero-order chi connectivity index (χ0) is 20.5. The molecule has 0 bridgehead atoms. The number of benzene rings is 1. The third kappa shape index (κ3) is 3.92. The molecule has 0 unspecified atom stereocenters. The van der Waals surface area contributed by atoms with Crippen molar-refractivity contribution < 1.29 is 9.21 Å². The van der Waals surface area contributed by atoms with E-state index >= 15 is 0 Å². The first-order valence-corrected chi connectivity index (χ1v) is 9.60. The fourth-order valence-corrected chi connectivity index (χ4v) is 3.41. The lowest BCUT2D eigenvalue weighted by Gasteiger charge is -2.16. The molecule has 0 aliphatic rings. The largest absolute Gasteiger partial charge is 0.464 e. The lowest BCUT2D eigenvalue weighted by molar-refractivity contribution is 0.0776. The van der Waals surface area contributed by atoms with Gasteiger partial charge in [0.2, 0.25) is 0 Å². The van der Waals surface area contributed by atoms with Crippen molar-refractivity contribution in [1.29, 1.82) is 0 Å². The van der Waals surface area contributed by atoms with Crippen LogP contribution in [0.3, 0.4) is 0 Å². The van der Waals surface area contributed by atoms with Gasteiger partial charge in [-0.3, -0.25) is 4.79 Å². The SMILES string of the molecule is Cc1ccc(Cn2ncc3c(C(=O)N(C)Cc4ccc(C)o4)cc(C)nc32)cc1. The lowest BCUT2D eigenvalue weighted by atomic mass is 10.1. The van der Waals surface area contributed by atoms with Crippen LogP contribution in [-0.2, 0) is 13.1 Å². The molecule has 1 amide bonds. The van der Waals surface area contributed by atoms with E-state index < -0.39 is 0 Å². The van der Waals surface area contributed by atoms with Gasteiger partial charge in [0.05, 0.1) is 30.2 Å². The number of nitrogens with zero attached hydrogens (tertiary/aromatic N) is 4. The molecule has 6 heteroatoms. The number of hydrogen-bond acceptors (Lipinski definition) is 4. The molecule has 6 nitrogen and oxygen atoms in total. The average Bonchev–Trinajstić information content (AvgIpc) is 3.28. The maximum atomic E-state index is 13.1. The average molecular weight is 388 g/mol. The van der Waals surface area contributed by atoms with Crippen molar-refractivity contribution in [3.05, 3.63) is 82.6 Å². The Kier molecular flexibility index (Phi) is 4.92. The second-order valence-corrected chi connectivity index (χ2v) is 7.51. The summed E-state index contributed by atoms with van der Waals surface area (Å²) in [4.78, 5) is 19.5. The van der Waals surface area contributed by atoms with Gasteiger partial charge in [0.15, 0.2) is 5.65 Å². The predicted molar refractivity (Wildman–Crippen MR) is 112 cm³/mol. The van der Waals surface area contributed by atoms with Gasteiger partial charge in [0, 0.05) is 12.7 Å². The predicted octanol–water partition coefficient (Wildman–Crippen LogP) is 4.27. The fraction of sp³-hybridized carbons (Fsp3) is 0.261. The van der Waals surface area contributed by atoms with Crippen molar-refractivity contribution in [2.75, 3.05) is 7.05 Å². The van der Waals surface area contributed by atoms with Gasteiger partial charge >= 0.3 is 0 Å². The number of hydrogen-bond donors (Lipinski definition) is 0. The molecule has 4 rings (SSSR count). The minimum atomic E-state index is -0.0792. The van der Waals surface area contributed by atoms with Crippen molar-refractivity contribution in [1.82, 2.24) is 19.7 Å². The molecule has 0 atom stereocenters. The zero-order valence-corrected chi connectivity index (χ0v) is 17.1. The third-order valence-electron chi connectivity index (χ3n) is 4.96. The first kappa shape index (κ1) is 18.9. The molecule has 29 heavy (non-hydrogen) atoms. The van der Waals surface area contributed by atoms with Crippen LogP contribution in [0.15, 0.2) is 53.1 Å². The van der Waals surface area contributed by atoms with Crippen molar-refractivity contribution in [3.63, 3.8) is 0 Å². The summed E-state index contributed by atoms with van der Waals surface area (Å²) in [5, 5.41) is 5.27. The third-order valence-corrected chi connectivity index (χ3v) is 4.96. The van der Waals surface area contributed by atoms with Crippen LogP contribution < -0.4 is 0 Å². The first-order chi connectivity index (χ1) is 13.9. The van der Waals surface area contributed by atoms with Crippen LogP contribution in [0.2, 0.25) is 0 Å². The standard InChI is InChI=1S/C23H24N4O2/c1-15-5-8-18(9-6-15)13-27-22-21(12-24-27)20(11-16(2)25-22)23(28)26(4)14-19-10-7-17(3)29-19/h5-12H,13-14H2,1-4H3. The summed E-state index contributed by atoms with van der Waals surface area (Å²) in [5.41, 5.74) is 4.47. The van der Waals surface area contributed by atoms with Gasteiger partial charge in [0.1, 0.15) is 11.5 Å². The minimum Gasteiger partial charge on any atom is -0.464 e. The molecule has 0 aliphatic heterocycles. The van der Waals surface area contributed by atoms with E-state index in [0.29, 0.717) is 18.7 Å². The number of aryl methyl sites for hydroxylation is 3. The van der Waals surface area contributed by atoms with Crippen molar-refractivity contribution in [2.45, 2.75) is 33.9 Å². The number of amides is 1. The quantitative estimate of drug-likeness (QED) is 0.512. The van der Waals surface area contributed by atoms with Crippen molar-refractivity contribution >= 4 is 16.9 Å². The number of aromatic nitrogens is 3. The maximum Gasteiger partial charge on any atom is 0.254 e. The Morgan fingerprint density at radius 2 is 1.86 bits per heavy atom. The van der Waals surface area contributed by atoms with Gasteiger partial charge in [-0.1, -0.05) is 29.8 Å². The van der Waals surface area contributed by atoms with Gasteiger partial charge in [-0.15, -0.1) is 0 Å². The highest BCUT2D eigenvalue weighted by molar-refractivity contribution is 6.05. The molecule has 0 spiro atoms. The summed E-state index contributed by atoms with van der Waals surface area (Å²) in [7, 11) is 1.78. The summed E-state index contributed by atoms with van der Waals surface area (Å²) >= 11 is 0. The smallest absolute Gasteiger partial charge is 0.254 e. The summed E-state index contributed by atoms with van der Waals surface area (Å²) in [6.07, 6.45) is 1.73. The highest BCUT2D eigenvalue weighted by atomic mass is 16.3. The van der Waals surface area contributed by atoms with Crippen LogP contribution in [-0.4, -0.2) is 32.6 Å². The molecule has 3 aromatic heterocycles. The van der Waals surface area contributed by atoms with Gasteiger partial charge in [0.25, 0.3) is 5.91 Å². The van der Waals surface area contributed by atoms with E-state index in [9.17, 15) is 4.79 Å². The number of carbonyl (C=O) groups is 1. The number of carbonyl (C=O) groups excluding carboxylic acids is 1. The number of fused-ring (bicyclic) bond motifs is 1. The van der Waals surface area contributed by atoms with Gasteiger partial charge in [-0.25, -0.2) is 9.67 Å². The Balaban J connectivity index is 1.65. The van der Waals surface area contributed by atoms with Crippen LogP contribution in [0.1, 0.15) is 38.7 Å². The van der Waals surface area contributed by atoms with Crippen LogP contribution in [0.4, 0.5) is 0 Å².